The van der Waals surface area contributed by atoms with Crippen LogP contribution in [0.3, 0.4) is 0 Å². The van der Waals surface area contributed by atoms with Gasteiger partial charge in [0.2, 0.25) is 0 Å². The van der Waals surface area contributed by atoms with E-state index in [0.717, 1.165) is 66.4 Å². The van der Waals surface area contributed by atoms with E-state index in [0.29, 0.717) is 17.5 Å². The van der Waals surface area contributed by atoms with Crippen LogP contribution in [0.2, 0.25) is 0 Å². The van der Waals surface area contributed by atoms with Gasteiger partial charge in [0, 0.05) is 27.5 Å². The summed E-state index contributed by atoms with van der Waals surface area (Å²) in [6.45, 7) is 0. The fraction of sp³-hybridized carbons (Fsp3) is 0. The van der Waals surface area contributed by atoms with Gasteiger partial charge in [-0.1, -0.05) is 170 Å². The van der Waals surface area contributed by atoms with E-state index in [1.807, 2.05) is 36.4 Å². The lowest BCUT2D eigenvalue weighted by Crippen LogP contribution is -2.00. The summed E-state index contributed by atoms with van der Waals surface area (Å²) < 4.78 is 6.26. The zero-order valence-electron chi connectivity index (χ0n) is 29.8. The van der Waals surface area contributed by atoms with Gasteiger partial charge in [0.15, 0.2) is 17.5 Å². The number of aromatic nitrogens is 3. The first-order valence-corrected chi connectivity index (χ1v) is 18.4. The zero-order chi connectivity index (χ0) is 36.6. The molecule has 4 heteroatoms. The van der Waals surface area contributed by atoms with Crippen molar-refractivity contribution in [2.45, 2.75) is 0 Å². The molecule has 0 amide bonds. The van der Waals surface area contributed by atoms with Crippen LogP contribution in [0, 0.1) is 0 Å². The molecule has 0 unspecified atom stereocenters. The van der Waals surface area contributed by atoms with Crippen molar-refractivity contribution in [3.8, 4) is 78.7 Å². The highest BCUT2D eigenvalue weighted by Gasteiger charge is 2.16. The Morgan fingerprint density at radius 3 is 1.20 bits per heavy atom. The van der Waals surface area contributed by atoms with Crippen molar-refractivity contribution >= 4 is 21.9 Å². The maximum Gasteiger partial charge on any atom is 0.164 e. The van der Waals surface area contributed by atoms with E-state index < -0.39 is 0 Å². The second-order valence-electron chi connectivity index (χ2n) is 13.7. The Labute approximate surface area is 319 Å². The molecule has 0 fully saturated rings. The van der Waals surface area contributed by atoms with Crippen molar-refractivity contribution in [3.63, 3.8) is 0 Å². The summed E-state index contributed by atoms with van der Waals surface area (Å²) in [7, 11) is 0. The van der Waals surface area contributed by atoms with Crippen LogP contribution in [0.5, 0.6) is 0 Å². The molecule has 0 atom stereocenters. The lowest BCUT2D eigenvalue weighted by Gasteiger charge is -2.11. The lowest BCUT2D eigenvalue weighted by atomic mass is 9.96. The van der Waals surface area contributed by atoms with Gasteiger partial charge in [-0.15, -0.1) is 0 Å². The Kier molecular flexibility index (Phi) is 8.12. The molecule has 0 radical (unpaired) electrons. The molecule has 0 saturated heterocycles. The van der Waals surface area contributed by atoms with Gasteiger partial charge in [-0.3, -0.25) is 0 Å². The molecule has 55 heavy (non-hydrogen) atoms. The van der Waals surface area contributed by atoms with Gasteiger partial charge in [0.1, 0.15) is 11.2 Å². The fourth-order valence-corrected chi connectivity index (χ4v) is 7.27. The third-order valence-corrected chi connectivity index (χ3v) is 10.2. The second-order valence-corrected chi connectivity index (χ2v) is 13.7. The molecule has 10 rings (SSSR count). The van der Waals surface area contributed by atoms with Crippen LogP contribution in [-0.2, 0) is 0 Å². The molecule has 10 aromatic rings. The molecule has 2 heterocycles. The van der Waals surface area contributed by atoms with E-state index >= 15 is 0 Å². The highest BCUT2D eigenvalue weighted by atomic mass is 16.3. The molecule has 8 aromatic carbocycles. The Hall–Kier alpha value is -7.43. The van der Waals surface area contributed by atoms with E-state index in [1.54, 1.807) is 0 Å². The number of rotatable bonds is 7. The lowest BCUT2D eigenvalue weighted by molar-refractivity contribution is 0.669. The molecule has 258 valence electrons. The maximum atomic E-state index is 6.26. The molecule has 0 aliphatic heterocycles. The summed E-state index contributed by atoms with van der Waals surface area (Å²) >= 11 is 0. The average Bonchev–Trinajstić information content (AvgIpc) is 3.65. The summed E-state index contributed by atoms with van der Waals surface area (Å²) in [6, 6.07) is 69.5. The van der Waals surface area contributed by atoms with Crippen LogP contribution in [0.15, 0.2) is 205 Å². The van der Waals surface area contributed by atoms with Crippen molar-refractivity contribution < 1.29 is 4.42 Å². The third kappa shape index (κ3) is 6.36. The summed E-state index contributed by atoms with van der Waals surface area (Å²) in [5.41, 5.74) is 13.6. The predicted molar refractivity (Wildman–Crippen MR) is 225 cm³/mol. The standard InChI is InChI=1S/C51H33N3O/c1-3-11-34(12-4-1)36-21-23-38(24-22-36)40-15-9-16-41(31-40)42-17-10-18-43(32-42)50-52-49(39-27-25-37(26-28-39)35-13-5-2-6-14-35)53-51(54-50)44-29-30-46-45-19-7-8-20-47(45)55-48(46)33-44/h1-33H. The second kappa shape index (κ2) is 13.8. The Morgan fingerprint density at radius 1 is 0.236 bits per heavy atom. The van der Waals surface area contributed by atoms with Crippen LogP contribution in [0.25, 0.3) is 101 Å². The molecule has 2 aromatic heterocycles. The number of benzene rings is 8. The van der Waals surface area contributed by atoms with E-state index in [1.165, 1.54) is 16.7 Å². The number of furan rings is 1. The number of hydrogen-bond donors (Lipinski definition) is 0. The van der Waals surface area contributed by atoms with Crippen LogP contribution < -0.4 is 0 Å². The predicted octanol–water partition coefficient (Wildman–Crippen LogP) is 13.4. The average molecular weight is 704 g/mol. The normalized spacial score (nSPS) is 11.3. The minimum Gasteiger partial charge on any atom is -0.456 e. The molecule has 0 spiro atoms. The number of nitrogens with zero attached hydrogens (tertiary/aromatic N) is 3. The Morgan fingerprint density at radius 2 is 0.600 bits per heavy atom. The van der Waals surface area contributed by atoms with Gasteiger partial charge >= 0.3 is 0 Å². The minimum absolute atomic E-state index is 0.584. The van der Waals surface area contributed by atoms with E-state index in [9.17, 15) is 0 Å². The largest absolute Gasteiger partial charge is 0.456 e. The van der Waals surface area contributed by atoms with E-state index in [-0.39, 0.29) is 0 Å². The van der Waals surface area contributed by atoms with Crippen molar-refractivity contribution in [1.82, 2.24) is 15.0 Å². The molecule has 0 aliphatic rings. The Balaban J connectivity index is 1.04. The molecule has 0 bridgehead atoms. The van der Waals surface area contributed by atoms with Crippen molar-refractivity contribution in [2.75, 3.05) is 0 Å². The van der Waals surface area contributed by atoms with Crippen molar-refractivity contribution in [1.29, 1.82) is 0 Å². The van der Waals surface area contributed by atoms with Gasteiger partial charge in [-0.25, -0.2) is 15.0 Å². The van der Waals surface area contributed by atoms with Crippen LogP contribution >= 0.6 is 0 Å². The number of para-hydroxylation sites is 1. The summed E-state index contributed by atoms with van der Waals surface area (Å²) in [4.78, 5) is 15.2. The van der Waals surface area contributed by atoms with E-state index in [2.05, 4.69) is 164 Å². The topological polar surface area (TPSA) is 51.8 Å². The Bertz CT molecular complexity index is 2950. The third-order valence-electron chi connectivity index (χ3n) is 10.2. The van der Waals surface area contributed by atoms with Gasteiger partial charge in [-0.05, 0) is 74.8 Å². The maximum absolute atomic E-state index is 6.26. The first-order valence-electron chi connectivity index (χ1n) is 18.4. The van der Waals surface area contributed by atoms with Crippen molar-refractivity contribution in [3.05, 3.63) is 200 Å². The first kappa shape index (κ1) is 32.2. The summed E-state index contributed by atoms with van der Waals surface area (Å²) in [6.07, 6.45) is 0. The van der Waals surface area contributed by atoms with Crippen LogP contribution in [0.4, 0.5) is 0 Å². The van der Waals surface area contributed by atoms with Gasteiger partial charge in [-0.2, -0.15) is 0 Å². The highest BCUT2D eigenvalue weighted by molar-refractivity contribution is 6.05. The smallest absolute Gasteiger partial charge is 0.164 e. The molecule has 4 nitrogen and oxygen atoms in total. The van der Waals surface area contributed by atoms with Crippen LogP contribution in [0.1, 0.15) is 0 Å². The highest BCUT2D eigenvalue weighted by Crippen LogP contribution is 2.34. The van der Waals surface area contributed by atoms with Crippen molar-refractivity contribution in [2.24, 2.45) is 0 Å². The number of fused-ring (bicyclic) bond motifs is 3. The summed E-state index contributed by atoms with van der Waals surface area (Å²) in [5, 5.41) is 2.15. The molecular formula is C51H33N3O. The van der Waals surface area contributed by atoms with E-state index in [4.69, 9.17) is 19.4 Å². The first-order chi connectivity index (χ1) is 27.2. The minimum atomic E-state index is 0.584. The monoisotopic (exact) mass is 703 g/mol. The van der Waals surface area contributed by atoms with Crippen LogP contribution in [-0.4, -0.2) is 15.0 Å². The van der Waals surface area contributed by atoms with Gasteiger partial charge in [0.05, 0.1) is 0 Å². The molecular weight excluding hydrogens is 671 g/mol. The summed E-state index contributed by atoms with van der Waals surface area (Å²) in [5.74, 6) is 1.79. The quantitative estimate of drug-likeness (QED) is 0.166. The van der Waals surface area contributed by atoms with Gasteiger partial charge < -0.3 is 4.42 Å². The molecule has 0 saturated carbocycles. The molecule has 0 aliphatic carbocycles. The fourth-order valence-electron chi connectivity index (χ4n) is 7.27. The number of hydrogen-bond acceptors (Lipinski definition) is 4. The molecule has 0 N–H and O–H groups in total. The zero-order valence-corrected chi connectivity index (χ0v) is 29.8. The SMILES string of the molecule is c1ccc(-c2ccc(-c3cccc(-c4cccc(-c5nc(-c6ccc(-c7ccccc7)cc6)nc(-c6ccc7c(c6)oc6ccccc67)n5)c4)c3)cc2)cc1. The van der Waals surface area contributed by atoms with Gasteiger partial charge in [0.25, 0.3) is 0 Å².